The molecule has 1 aromatic rings. The van der Waals surface area contributed by atoms with Gasteiger partial charge in [0.25, 0.3) is 6.43 Å². The first-order valence-corrected chi connectivity index (χ1v) is 5.60. The molecule has 0 unspecified atom stereocenters. The number of ether oxygens (including phenoxy) is 1. The minimum Gasteiger partial charge on any atom is -0.466 e. The molecule has 0 bridgehead atoms. The second kappa shape index (κ2) is 6.75. The molecule has 0 radical (unpaired) electrons. The molecule has 0 saturated carbocycles. The molecule has 102 valence electrons. The zero-order chi connectivity index (χ0) is 14.4. The van der Waals surface area contributed by atoms with Crippen LogP contribution in [0.15, 0.2) is 6.07 Å². The maximum absolute atomic E-state index is 12.7. The normalized spacial score (nSPS) is 10.3. The van der Waals surface area contributed by atoms with Crippen LogP contribution in [0.1, 0.15) is 35.9 Å². The lowest BCUT2D eigenvalue weighted by molar-refractivity contribution is -0.142. The molecule has 0 atom stereocenters. The summed E-state index contributed by atoms with van der Waals surface area (Å²) < 4.78 is 30.2. The second-order valence-corrected chi connectivity index (χ2v) is 3.63. The van der Waals surface area contributed by atoms with Gasteiger partial charge < -0.3 is 10.5 Å². The van der Waals surface area contributed by atoms with Crippen molar-refractivity contribution in [3.63, 3.8) is 0 Å². The van der Waals surface area contributed by atoms with Crippen LogP contribution in [-0.2, 0) is 22.5 Å². The van der Waals surface area contributed by atoms with Crippen molar-refractivity contribution in [3.05, 3.63) is 28.6 Å². The Balaban J connectivity index is 3.18. The van der Waals surface area contributed by atoms with E-state index in [4.69, 9.17) is 15.7 Å². The molecule has 1 heterocycles. The van der Waals surface area contributed by atoms with Gasteiger partial charge in [-0.25, -0.2) is 13.8 Å². The fourth-order valence-corrected chi connectivity index (χ4v) is 1.55. The molecule has 1 rings (SSSR count). The van der Waals surface area contributed by atoms with Crippen molar-refractivity contribution in [1.29, 1.82) is 5.26 Å². The number of nitrogens with two attached hydrogens (primary N) is 1. The van der Waals surface area contributed by atoms with Gasteiger partial charge in [-0.1, -0.05) is 0 Å². The van der Waals surface area contributed by atoms with Gasteiger partial charge in [0.15, 0.2) is 0 Å². The first-order chi connectivity index (χ1) is 9.03. The van der Waals surface area contributed by atoms with E-state index in [0.717, 1.165) is 6.07 Å². The van der Waals surface area contributed by atoms with Crippen molar-refractivity contribution in [2.75, 3.05) is 6.61 Å². The van der Waals surface area contributed by atoms with E-state index in [2.05, 4.69) is 4.98 Å². The maximum Gasteiger partial charge on any atom is 0.311 e. The van der Waals surface area contributed by atoms with Crippen LogP contribution in [0, 0.1) is 11.3 Å². The summed E-state index contributed by atoms with van der Waals surface area (Å²) in [4.78, 5) is 15.1. The molecule has 0 aliphatic rings. The summed E-state index contributed by atoms with van der Waals surface area (Å²) in [5, 5.41) is 8.80. The van der Waals surface area contributed by atoms with Crippen molar-refractivity contribution in [2.24, 2.45) is 5.73 Å². The highest BCUT2D eigenvalue weighted by molar-refractivity contribution is 5.72. The van der Waals surface area contributed by atoms with Crippen LogP contribution >= 0.6 is 0 Å². The Morgan fingerprint density at radius 1 is 1.63 bits per heavy atom. The number of halogens is 2. The molecular weight excluding hydrogens is 256 g/mol. The maximum atomic E-state index is 12.7. The molecule has 0 saturated heterocycles. The zero-order valence-electron chi connectivity index (χ0n) is 10.3. The van der Waals surface area contributed by atoms with Gasteiger partial charge in [-0.15, -0.1) is 0 Å². The van der Waals surface area contributed by atoms with Gasteiger partial charge in [-0.2, -0.15) is 5.26 Å². The molecule has 0 fully saturated rings. The predicted molar refractivity (Wildman–Crippen MR) is 62.1 cm³/mol. The topological polar surface area (TPSA) is 89.0 Å². The van der Waals surface area contributed by atoms with Crippen LogP contribution in [0.3, 0.4) is 0 Å². The molecule has 0 aliphatic carbocycles. The van der Waals surface area contributed by atoms with E-state index < -0.39 is 23.7 Å². The molecule has 7 heteroatoms. The fourth-order valence-electron chi connectivity index (χ4n) is 1.55. The first-order valence-electron chi connectivity index (χ1n) is 5.60. The molecule has 1 aromatic heterocycles. The van der Waals surface area contributed by atoms with Gasteiger partial charge in [0.05, 0.1) is 24.3 Å². The van der Waals surface area contributed by atoms with Crippen molar-refractivity contribution < 1.29 is 18.3 Å². The molecule has 0 amide bonds. The van der Waals surface area contributed by atoms with Gasteiger partial charge in [0, 0.05) is 6.54 Å². The van der Waals surface area contributed by atoms with Crippen LogP contribution < -0.4 is 5.73 Å². The predicted octanol–water partition coefficient (Wildman–Crippen LogP) is 1.46. The quantitative estimate of drug-likeness (QED) is 0.817. The molecule has 2 N–H and O–H groups in total. The lowest BCUT2D eigenvalue weighted by Gasteiger charge is -2.10. The summed E-state index contributed by atoms with van der Waals surface area (Å²) in [5.74, 6) is -0.543. The van der Waals surface area contributed by atoms with Gasteiger partial charge in [0.2, 0.25) is 0 Å². The van der Waals surface area contributed by atoms with Crippen LogP contribution in [0.2, 0.25) is 0 Å². The molecule has 0 aliphatic heterocycles. The van der Waals surface area contributed by atoms with Crippen LogP contribution in [0.4, 0.5) is 8.78 Å². The summed E-state index contributed by atoms with van der Waals surface area (Å²) in [6, 6.07) is 2.71. The van der Waals surface area contributed by atoms with E-state index in [1.807, 2.05) is 0 Å². The smallest absolute Gasteiger partial charge is 0.311 e. The Labute approximate surface area is 109 Å². The monoisotopic (exact) mass is 269 g/mol. The molecule has 0 spiro atoms. The third kappa shape index (κ3) is 3.69. The fraction of sp³-hybridized carbons (Fsp3) is 0.417. The van der Waals surface area contributed by atoms with Gasteiger partial charge >= 0.3 is 5.97 Å². The lowest BCUT2D eigenvalue weighted by atomic mass is 10.1. The summed E-state index contributed by atoms with van der Waals surface area (Å²) >= 11 is 0. The van der Waals surface area contributed by atoms with Crippen molar-refractivity contribution in [3.8, 4) is 6.07 Å². The van der Waals surface area contributed by atoms with E-state index in [0.29, 0.717) is 5.56 Å². The summed E-state index contributed by atoms with van der Waals surface area (Å²) in [7, 11) is 0. The number of carbonyl (C=O) groups excluding carboxylic acids is 1. The zero-order valence-corrected chi connectivity index (χ0v) is 10.3. The van der Waals surface area contributed by atoms with E-state index in [1.165, 1.54) is 0 Å². The summed E-state index contributed by atoms with van der Waals surface area (Å²) in [6.45, 7) is 1.81. The Morgan fingerprint density at radius 3 is 2.79 bits per heavy atom. The number of hydrogen-bond acceptors (Lipinski definition) is 5. The second-order valence-electron chi connectivity index (χ2n) is 3.63. The standard InChI is InChI=1S/C12H13F2N3O2/c1-2-19-11(18)4-9-7(5-15)3-8(12(13)14)10(6-16)17-9/h3,12H,2,4-5,15H2,1H3. The Bertz CT molecular complexity index is 512. The van der Waals surface area contributed by atoms with Crippen LogP contribution in [-0.4, -0.2) is 17.6 Å². The first kappa shape index (κ1) is 15.0. The van der Waals surface area contributed by atoms with Gasteiger partial charge in [0.1, 0.15) is 11.8 Å². The van der Waals surface area contributed by atoms with E-state index >= 15 is 0 Å². The van der Waals surface area contributed by atoms with Gasteiger partial charge in [-0.05, 0) is 18.6 Å². The average Bonchev–Trinajstić information content (AvgIpc) is 2.38. The number of esters is 1. The third-order valence-electron chi connectivity index (χ3n) is 2.40. The highest BCUT2D eigenvalue weighted by Gasteiger charge is 2.19. The largest absolute Gasteiger partial charge is 0.466 e. The average molecular weight is 269 g/mol. The number of aromatic nitrogens is 1. The molecule has 0 aromatic carbocycles. The minimum absolute atomic E-state index is 0.0484. The number of alkyl halides is 2. The lowest BCUT2D eigenvalue weighted by Crippen LogP contribution is -2.14. The van der Waals surface area contributed by atoms with E-state index in [1.54, 1.807) is 13.0 Å². The van der Waals surface area contributed by atoms with Crippen molar-refractivity contribution in [2.45, 2.75) is 26.3 Å². The number of pyridine rings is 1. The van der Waals surface area contributed by atoms with Crippen LogP contribution in [0.25, 0.3) is 0 Å². The van der Waals surface area contributed by atoms with E-state index in [9.17, 15) is 13.6 Å². The highest BCUT2D eigenvalue weighted by atomic mass is 19.3. The summed E-state index contributed by atoms with van der Waals surface area (Å²) in [6.07, 6.45) is -3.01. The molecule has 5 nitrogen and oxygen atoms in total. The van der Waals surface area contributed by atoms with Gasteiger partial charge in [-0.3, -0.25) is 4.79 Å². The minimum atomic E-state index is -2.82. The van der Waals surface area contributed by atoms with Crippen molar-refractivity contribution >= 4 is 5.97 Å². The number of rotatable bonds is 5. The third-order valence-corrected chi connectivity index (χ3v) is 2.40. The van der Waals surface area contributed by atoms with Crippen LogP contribution in [0.5, 0.6) is 0 Å². The van der Waals surface area contributed by atoms with Crippen molar-refractivity contribution in [1.82, 2.24) is 4.98 Å². The van der Waals surface area contributed by atoms with E-state index in [-0.39, 0.29) is 25.3 Å². The molecule has 19 heavy (non-hydrogen) atoms. The number of carbonyl (C=O) groups is 1. The summed E-state index contributed by atoms with van der Waals surface area (Å²) in [5.41, 5.74) is 5.07. The Morgan fingerprint density at radius 2 is 2.32 bits per heavy atom. The number of nitrogens with zero attached hydrogens (tertiary/aromatic N) is 2. The highest BCUT2D eigenvalue weighted by Crippen LogP contribution is 2.24. The Hall–Kier alpha value is -2.07. The SMILES string of the molecule is CCOC(=O)Cc1nc(C#N)c(C(F)F)cc1CN. The number of nitriles is 1. The Kier molecular flexibility index (Phi) is 5.33. The number of hydrogen-bond donors (Lipinski definition) is 1. The molecular formula is C12H13F2N3O2.